The van der Waals surface area contributed by atoms with Gasteiger partial charge in [0, 0.05) is 18.2 Å². The summed E-state index contributed by atoms with van der Waals surface area (Å²) < 4.78 is 8.13. The number of aromatic nitrogens is 3. The zero-order valence-electron chi connectivity index (χ0n) is 20.9. The summed E-state index contributed by atoms with van der Waals surface area (Å²) in [5.41, 5.74) is 2.25. The number of carbonyl (C=O) groups is 1. The van der Waals surface area contributed by atoms with Gasteiger partial charge >= 0.3 is 5.69 Å². The lowest BCUT2D eigenvalue weighted by Gasteiger charge is -2.26. The highest BCUT2D eigenvalue weighted by Gasteiger charge is 2.19. The summed E-state index contributed by atoms with van der Waals surface area (Å²) in [6.07, 6.45) is 4.89. The molecule has 186 valence electrons. The van der Waals surface area contributed by atoms with Crippen molar-refractivity contribution in [2.45, 2.75) is 52.1 Å². The molecule has 1 N–H and O–H groups in total. The molecule has 1 aliphatic heterocycles. The number of amides is 1. The van der Waals surface area contributed by atoms with Crippen molar-refractivity contribution in [1.82, 2.24) is 24.6 Å². The number of piperidine rings is 1. The number of rotatable bonds is 9. The number of likely N-dealkylation sites (tertiary alicyclic amines) is 1. The molecule has 8 nitrogen and oxygen atoms in total. The van der Waals surface area contributed by atoms with E-state index in [1.54, 1.807) is 7.11 Å². The summed E-state index contributed by atoms with van der Waals surface area (Å²) >= 11 is 0. The van der Waals surface area contributed by atoms with Crippen molar-refractivity contribution in [1.29, 1.82) is 0 Å². The summed E-state index contributed by atoms with van der Waals surface area (Å²) in [6.45, 7) is 7.08. The summed E-state index contributed by atoms with van der Waals surface area (Å²) in [5, 5.41) is 7.48. The Balaban J connectivity index is 1.61. The van der Waals surface area contributed by atoms with Gasteiger partial charge in [-0.05, 0) is 76.0 Å². The van der Waals surface area contributed by atoms with Gasteiger partial charge in [0.25, 0.3) is 0 Å². The van der Waals surface area contributed by atoms with Crippen molar-refractivity contribution >= 4 is 5.91 Å². The molecule has 1 amide bonds. The van der Waals surface area contributed by atoms with Crippen LogP contribution in [0.1, 0.15) is 38.7 Å². The maximum Gasteiger partial charge on any atom is 0.351 e. The number of nitrogens with one attached hydrogen (secondary N) is 1. The minimum atomic E-state index is -0.359. The number of nitrogens with zero attached hydrogens (tertiary/aromatic N) is 4. The van der Waals surface area contributed by atoms with Crippen LogP contribution in [0.15, 0.2) is 53.3 Å². The monoisotopic (exact) mass is 477 g/mol. The lowest BCUT2D eigenvalue weighted by atomic mass is 10.1. The number of hydrogen-bond donors (Lipinski definition) is 1. The first-order valence-electron chi connectivity index (χ1n) is 12.4. The number of carbonyl (C=O) groups excluding carboxylic acids is 1. The van der Waals surface area contributed by atoms with E-state index in [0.717, 1.165) is 13.0 Å². The molecule has 1 aromatic heterocycles. The first kappa shape index (κ1) is 24.7. The Labute approximate surface area is 206 Å². The fraction of sp³-hybridized carbons (Fsp3) is 0.444. The van der Waals surface area contributed by atoms with E-state index in [1.807, 2.05) is 50.2 Å². The summed E-state index contributed by atoms with van der Waals surface area (Å²) in [4.78, 5) is 28.5. The molecule has 0 spiro atoms. The van der Waals surface area contributed by atoms with E-state index >= 15 is 0 Å². The predicted molar refractivity (Wildman–Crippen MR) is 137 cm³/mol. The van der Waals surface area contributed by atoms with Gasteiger partial charge in [-0.15, -0.1) is 5.10 Å². The van der Waals surface area contributed by atoms with Crippen LogP contribution >= 0.6 is 0 Å². The number of methoxy groups -OCH3 is 1. The second-order valence-corrected chi connectivity index (χ2v) is 9.38. The van der Waals surface area contributed by atoms with Crippen LogP contribution < -0.4 is 15.7 Å². The standard InChI is InChI=1S/C27H35N5O3/c1-20(2)28-25(33)19-31-26(22-8-7-9-24(18-22)35-3)29-32(27(31)34)23-12-10-21(11-13-23)14-17-30-15-5-4-6-16-30/h7-13,18,20H,4-6,14-17,19H2,1-3H3,(H,28,33). The fourth-order valence-corrected chi connectivity index (χ4v) is 4.47. The van der Waals surface area contributed by atoms with E-state index in [1.165, 1.54) is 47.2 Å². The molecule has 3 aromatic rings. The van der Waals surface area contributed by atoms with Crippen LogP contribution in [0.3, 0.4) is 0 Å². The molecule has 0 atom stereocenters. The summed E-state index contributed by atoms with van der Waals surface area (Å²) in [7, 11) is 1.59. The largest absolute Gasteiger partial charge is 0.497 e. The van der Waals surface area contributed by atoms with Crippen LogP contribution in [0.25, 0.3) is 17.1 Å². The second-order valence-electron chi connectivity index (χ2n) is 9.38. The fourth-order valence-electron chi connectivity index (χ4n) is 4.47. The van der Waals surface area contributed by atoms with E-state index < -0.39 is 0 Å². The normalized spacial score (nSPS) is 14.3. The summed E-state index contributed by atoms with van der Waals surface area (Å²) in [6, 6.07) is 15.3. The van der Waals surface area contributed by atoms with E-state index in [-0.39, 0.29) is 24.2 Å². The SMILES string of the molecule is COc1cccc(-c2nn(-c3ccc(CCN4CCCCC4)cc3)c(=O)n2CC(=O)NC(C)C)c1. The van der Waals surface area contributed by atoms with Gasteiger partial charge in [0.05, 0.1) is 12.8 Å². The van der Waals surface area contributed by atoms with E-state index in [9.17, 15) is 9.59 Å². The van der Waals surface area contributed by atoms with Gasteiger partial charge in [-0.25, -0.2) is 4.79 Å². The molecular weight excluding hydrogens is 442 g/mol. The zero-order valence-corrected chi connectivity index (χ0v) is 20.9. The van der Waals surface area contributed by atoms with Crippen LogP contribution in [0, 0.1) is 0 Å². The maximum atomic E-state index is 13.4. The van der Waals surface area contributed by atoms with Crippen LogP contribution in [-0.4, -0.2) is 57.9 Å². The molecule has 1 fully saturated rings. The average Bonchev–Trinajstić information content (AvgIpc) is 3.19. The molecular formula is C27H35N5O3. The van der Waals surface area contributed by atoms with Crippen molar-refractivity contribution in [3.63, 3.8) is 0 Å². The van der Waals surface area contributed by atoms with E-state index in [4.69, 9.17) is 4.74 Å². The number of benzene rings is 2. The number of hydrogen-bond acceptors (Lipinski definition) is 5. The van der Waals surface area contributed by atoms with Gasteiger partial charge in [0.2, 0.25) is 5.91 Å². The highest BCUT2D eigenvalue weighted by molar-refractivity contribution is 5.76. The maximum absolute atomic E-state index is 13.4. The Morgan fingerprint density at radius 1 is 1.09 bits per heavy atom. The molecule has 0 saturated carbocycles. The number of ether oxygens (including phenoxy) is 1. The highest BCUT2D eigenvalue weighted by atomic mass is 16.5. The second kappa shape index (κ2) is 11.4. The lowest BCUT2D eigenvalue weighted by Crippen LogP contribution is -2.36. The minimum Gasteiger partial charge on any atom is -0.497 e. The lowest BCUT2D eigenvalue weighted by molar-refractivity contribution is -0.122. The average molecular weight is 478 g/mol. The van der Waals surface area contributed by atoms with Crippen molar-refractivity contribution < 1.29 is 9.53 Å². The molecule has 4 rings (SSSR count). The third-order valence-corrected chi connectivity index (χ3v) is 6.29. The molecule has 2 heterocycles. The Kier molecular flexibility index (Phi) is 8.02. The van der Waals surface area contributed by atoms with Crippen LogP contribution in [0.5, 0.6) is 5.75 Å². The van der Waals surface area contributed by atoms with Gasteiger partial charge < -0.3 is 15.0 Å². The zero-order chi connectivity index (χ0) is 24.8. The highest BCUT2D eigenvalue weighted by Crippen LogP contribution is 2.22. The van der Waals surface area contributed by atoms with Gasteiger partial charge in [-0.2, -0.15) is 4.68 Å². The van der Waals surface area contributed by atoms with Crippen molar-refractivity contribution in [3.8, 4) is 22.8 Å². The molecule has 35 heavy (non-hydrogen) atoms. The van der Waals surface area contributed by atoms with Gasteiger partial charge in [-0.3, -0.25) is 9.36 Å². The van der Waals surface area contributed by atoms with E-state index in [0.29, 0.717) is 22.8 Å². The van der Waals surface area contributed by atoms with E-state index in [2.05, 4.69) is 27.4 Å². The Bertz CT molecular complexity index is 1190. The van der Waals surface area contributed by atoms with Crippen molar-refractivity contribution in [2.75, 3.05) is 26.7 Å². The molecule has 0 radical (unpaired) electrons. The molecule has 1 aliphatic rings. The quantitative estimate of drug-likeness (QED) is 0.512. The predicted octanol–water partition coefficient (Wildman–Crippen LogP) is 3.26. The Hall–Kier alpha value is -3.39. The topological polar surface area (TPSA) is 81.4 Å². The third-order valence-electron chi connectivity index (χ3n) is 6.29. The molecule has 8 heteroatoms. The van der Waals surface area contributed by atoms with Crippen molar-refractivity contribution in [3.05, 3.63) is 64.6 Å². The minimum absolute atomic E-state index is 0.0222. The van der Waals surface area contributed by atoms with Crippen LogP contribution in [-0.2, 0) is 17.8 Å². The molecule has 0 aliphatic carbocycles. The Morgan fingerprint density at radius 3 is 2.51 bits per heavy atom. The first-order chi connectivity index (χ1) is 16.9. The molecule has 2 aromatic carbocycles. The molecule has 0 bridgehead atoms. The molecule has 1 saturated heterocycles. The van der Waals surface area contributed by atoms with Crippen LogP contribution in [0.4, 0.5) is 0 Å². The molecule has 0 unspecified atom stereocenters. The van der Waals surface area contributed by atoms with Gasteiger partial charge in [-0.1, -0.05) is 30.7 Å². The van der Waals surface area contributed by atoms with Crippen molar-refractivity contribution in [2.24, 2.45) is 0 Å². The third kappa shape index (κ3) is 6.19. The van der Waals surface area contributed by atoms with Crippen LogP contribution in [0.2, 0.25) is 0 Å². The first-order valence-corrected chi connectivity index (χ1v) is 12.4. The van der Waals surface area contributed by atoms with Gasteiger partial charge in [0.15, 0.2) is 5.82 Å². The summed E-state index contributed by atoms with van der Waals surface area (Å²) in [5.74, 6) is 0.835. The smallest absolute Gasteiger partial charge is 0.351 e. The van der Waals surface area contributed by atoms with Gasteiger partial charge in [0.1, 0.15) is 12.3 Å². The Morgan fingerprint density at radius 2 is 1.83 bits per heavy atom.